The van der Waals surface area contributed by atoms with Crippen LogP contribution in [-0.4, -0.2) is 18.3 Å². The van der Waals surface area contributed by atoms with Crippen LogP contribution in [0, 0.1) is 6.92 Å². The van der Waals surface area contributed by atoms with Crippen LogP contribution in [0.3, 0.4) is 0 Å². The van der Waals surface area contributed by atoms with Gasteiger partial charge in [0, 0.05) is 22.0 Å². The highest BCUT2D eigenvalue weighted by molar-refractivity contribution is 6.35. The second kappa shape index (κ2) is 6.80. The van der Waals surface area contributed by atoms with Gasteiger partial charge in [-0.15, -0.1) is 0 Å². The van der Waals surface area contributed by atoms with Gasteiger partial charge in [-0.1, -0.05) is 59.1 Å². The summed E-state index contributed by atoms with van der Waals surface area (Å²) in [6.07, 6.45) is 0.569. The fraction of sp³-hybridized carbons (Fsp3) is 0.294. The Morgan fingerprint density at radius 1 is 1.14 bits per heavy atom. The Kier molecular flexibility index (Phi) is 5.28. The predicted octanol–water partition coefficient (Wildman–Crippen LogP) is 3.73. The summed E-state index contributed by atoms with van der Waals surface area (Å²) in [5, 5.41) is 11.2. The van der Waals surface area contributed by atoms with Gasteiger partial charge in [0.25, 0.3) is 0 Å². The van der Waals surface area contributed by atoms with E-state index in [2.05, 4.69) is 6.07 Å². The molecule has 0 radical (unpaired) electrons. The van der Waals surface area contributed by atoms with E-state index >= 15 is 0 Å². The molecule has 0 aliphatic carbocycles. The zero-order chi connectivity index (χ0) is 15.5. The van der Waals surface area contributed by atoms with Gasteiger partial charge in [-0.3, -0.25) is 0 Å². The summed E-state index contributed by atoms with van der Waals surface area (Å²) < 4.78 is 0. The van der Waals surface area contributed by atoms with Crippen molar-refractivity contribution in [2.45, 2.75) is 18.8 Å². The normalized spacial score (nSPS) is 14.0. The molecule has 0 fully saturated rings. The lowest BCUT2D eigenvalue weighted by Crippen LogP contribution is -2.41. The quantitative estimate of drug-likeness (QED) is 0.880. The Morgan fingerprint density at radius 3 is 2.48 bits per heavy atom. The van der Waals surface area contributed by atoms with Gasteiger partial charge in [-0.2, -0.15) is 0 Å². The van der Waals surface area contributed by atoms with E-state index in [1.54, 1.807) is 12.1 Å². The van der Waals surface area contributed by atoms with Crippen molar-refractivity contribution in [2.24, 2.45) is 5.73 Å². The van der Waals surface area contributed by atoms with Crippen molar-refractivity contribution in [2.75, 3.05) is 13.2 Å². The molecule has 2 aromatic rings. The van der Waals surface area contributed by atoms with E-state index in [0.717, 1.165) is 16.7 Å². The van der Waals surface area contributed by atoms with E-state index in [0.29, 0.717) is 23.0 Å². The molecule has 0 saturated carbocycles. The number of rotatable bonds is 5. The molecule has 0 aromatic heterocycles. The lowest BCUT2D eigenvalue weighted by molar-refractivity contribution is 0.196. The maximum atomic E-state index is 9.98. The molecular weight excluding hydrogens is 305 g/mol. The fourth-order valence-corrected chi connectivity index (χ4v) is 2.98. The van der Waals surface area contributed by atoms with Crippen LogP contribution >= 0.6 is 23.2 Å². The number of halogens is 2. The average molecular weight is 324 g/mol. The van der Waals surface area contributed by atoms with Gasteiger partial charge in [-0.05, 0) is 36.6 Å². The molecule has 0 spiro atoms. The summed E-state index contributed by atoms with van der Waals surface area (Å²) in [5.74, 6) is 0. The molecule has 0 bridgehead atoms. The Morgan fingerprint density at radius 2 is 1.90 bits per heavy atom. The maximum absolute atomic E-state index is 9.98. The third-order valence-electron chi connectivity index (χ3n) is 3.87. The van der Waals surface area contributed by atoms with E-state index in [-0.39, 0.29) is 6.61 Å². The van der Waals surface area contributed by atoms with Gasteiger partial charge in [-0.25, -0.2) is 0 Å². The SMILES string of the molecule is Cc1cccc(C(CN)(CO)Cc2ccc(Cl)cc2Cl)c1. The van der Waals surface area contributed by atoms with Gasteiger partial charge in [0.2, 0.25) is 0 Å². The highest BCUT2D eigenvalue weighted by Gasteiger charge is 2.31. The van der Waals surface area contributed by atoms with Crippen molar-refractivity contribution in [3.05, 3.63) is 69.2 Å². The summed E-state index contributed by atoms with van der Waals surface area (Å²) in [7, 11) is 0. The maximum Gasteiger partial charge on any atom is 0.0543 e. The first-order valence-corrected chi connectivity index (χ1v) is 7.58. The molecule has 4 heteroatoms. The molecule has 0 aliphatic rings. The molecule has 3 N–H and O–H groups in total. The minimum absolute atomic E-state index is 0.0358. The molecule has 0 saturated heterocycles. The number of hydrogen-bond donors (Lipinski definition) is 2. The Balaban J connectivity index is 2.43. The second-order valence-electron chi connectivity index (χ2n) is 5.42. The Labute approximate surface area is 135 Å². The number of nitrogens with two attached hydrogens (primary N) is 1. The molecule has 0 aliphatic heterocycles. The fourth-order valence-electron chi connectivity index (χ4n) is 2.51. The Bertz CT molecular complexity index is 624. The van der Waals surface area contributed by atoms with Crippen LogP contribution in [0.15, 0.2) is 42.5 Å². The van der Waals surface area contributed by atoms with Gasteiger partial charge >= 0.3 is 0 Å². The number of aliphatic hydroxyl groups is 1. The monoisotopic (exact) mass is 323 g/mol. The minimum atomic E-state index is -0.538. The molecule has 112 valence electrons. The lowest BCUT2D eigenvalue weighted by atomic mass is 9.76. The second-order valence-corrected chi connectivity index (χ2v) is 6.27. The molecule has 2 nitrogen and oxygen atoms in total. The summed E-state index contributed by atoms with van der Waals surface area (Å²) in [6.45, 7) is 2.33. The van der Waals surface area contributed by atoms with Gasteiger partial charge in [0.1, 0.15) is 0 Å². The van der Waals surface area contributed by atoms with Crippen LogP contribution in [0.2, 0.25) is 10.0 Å². The first-order chi connectivity index (χ1) is 10.0. The van der Waals surface area contributed by atoms with Crippen LogP contribution in [0.25, 0.3) is 0 Å². The highest BCUT2D eigenvalue weighted by atomic mass is 35.5. The largest absolute Gasteiger partial charge is 0.395 e. The van der Waals surface area contributed by atoms with Crippen molar-refractivity contribution < 1.29 is 5.11 Å². The molecule has 2 aromatic carbocycles. The molecule has 1 atom stereocenters. The van der Waals surface area contributed by atoms with Crippen molar-refractivity contribution in [1.82, 2.24) is 0 Å². The van der Waals surface area contributed by atoms with Crippen molar-refractivity contribution in [1.29, 1.82) is 0 Å². The van der Waals surface area contributed by atoms with Crippen molar-refractivity contribution >= 4 is 23.2 Å². The number of benzene rings is 2. The average Bonchev–Trinajstić information content (AvgIpc) is 2.47. The van der Waals surface area contributed by atoms with E-state index < -0.39 is 5.41 Å². The molecule has 21 heavy (non-hydrogen) atoms. The smallest absolute Gasteiger partial charge is 0.0543 e. The topological polar surface area (TPSA) is 46.2 Å². The van der Waals surface area contributed by atoms with Crippen LogP contribution in [-0.2, 0) is 11.8 Å². The zero-order valence-electron chi connectivity index (χ0n) is 11.9. The van der Waals surface area contributed by atoms with E-state index in [1.807, 2.05) is 31.2 Å². The molecule has 2 rings (SSSR count). The van der Waals surface area contributed by atoms with Crippen LogP contribution < -0.4 is 5.73 Å². The molecule has 1 unspecified atom stereocenters. The van der Waals surface area contributed by atoms with Crippen LogP contribution in [0.5, 0.6) is 0 Å². The lowest BCUT2D eigenvalue weighted by Gasteiger charge is -2.32. The number of hydrogen-bond acceptors (Lipinski definition) is 2. The standard InChI is InChI=1S/C17H19Cl2NO/c1-12-3-2-4-14(7-12)17(10-20,11-21)9-13-5-6-15(18)8-16(13)19/h2-8,21H,9-11,20H2,1H3. The molecular formula is C17H19Cl2NO. The third-order valence-corrected chi connectivity index (χ3v) is 4.45. The van der Waals surface area contributed by atoms with Gasteiger partial charge in [0.05, 0.1) is 6.61 Å². The highest BCUT2D eigenvalue weighted by Crippen LogP contribution is 2.32. The number of aryl methyl sites for hydroxylation is 1. The zero-order valence-corrected chi connectivity index (χ0v) is 13.5. The van der Waals surface area contributed by atoms with Crippen molar-refractivity contribution in [3.8, 4) is 0 Å². The molecule has 0 heterocycles. The summed E-state index contributed by atoms with van der Waals surface area (Å²) in [6, 6.07) is 13.5. The summed E-state index contributed by atoms with van der Waals surface area (Å²) in [4.78, 5) is 0. The predicted molar refractivity (Wildman–Crippen MR) is 89.2 cm³/mol. The first kappa shape index (κ1) is 16.3. The van der Waals surface area contributed by atoms with E-state index in [9.17, 15) is 5.11 Å². The van der Waals surface area contributed by atoms with Gasteiger partial charge < -0.3 is 10.8 Å². The first-order valence-electron chi connectivity index (χ1n) is 6.83. The van der Waals surface area contributed by atoms with E-state index in [1.165, 1.54) is 0 Å². The Hall–Kier alpha value is -1.06. The van der Waals surface area contributed by atoms with Crippen LogP contribution in [0.1, 0.15) is 16.7 Å². The third kappa shape index (κ3) is 3.58. The van der Waals surface area contributed by atoms with E-state index in [4.69, 9.17) is 28.9 Å². The summed E-state index contributed by atoms with van der Waals surface area (Å²) >= 11 is 12.2. The van der Waals surface area contributed by atoms with Crippen molar-refractivity contribution in [3.63, 3.8) is 0 Å². The molecule has 0 amide bonds. The summed E-state index contributed by atoms with van der Waals surface area (Å²) in [5.41, 5.74) is 8.56. The number of aliphatic hydroxyl groups excluding tert-OH is 1. The minimum Gasteiger partial charge on any atom is -0.395 e. The van der Waals surface area contributed by atoms with Gasteiger partial charge in [0.15, 0.2) is 0 Å². The van der Waals surface area contributed by atoms with Crippen LogP contribution in [0.4, 0.5) is 0 Å².